The van der Waals surface area contributed by atoms with Crippen LogP contribution in [-0.4, -0.2) is 60.0 Å². The number of hydrogen-bond acceptors (Lipinski definition) is 3. The zero-order chi connectivity index (χ0) is 18.4. The summed E-state index contributed by atoms with van der Waals surface area (Å²) >= 11 is 0. The maximum absolute atomic E-state index is 12.5. The average molecular weight is 346 g/mol. The minimum Gasteiger partial charge on any atom is -0.350 e. The normalized spacial score (nSPS) is 16.2. The topological polar surface area (TPSA) is 64.7 Å². The van der Waals surface area contributed by atoms with Gasteiger partial charge in [0.15, 0.2) is 0 Å². The SMILES string of the molecule is Cc1cccc(NC(=O)N2CCCN(CC(=O)NC(C)(C)C)CC2)c1. The van der Waals surface area contributed by atoms with Crippen molar-refractivity contribution in [3.8, 4) is 0 Å². The van der Waals surface area contributed by atoms with E-state index in [1.807, 2.05) is 56.9 Å². The molecule has 6 nitrogen and oxygen atoms in total. The third-order valence-electron chi connectivity index (χ3n) is 4.03. The number of anilines is 1. The molecule has 6 heteroatoms. The van der Waals surface area contributed by atoms with Gasteiger partial charge in [-0.2, -0.15) is 0 Å². The highest BCUT2D eigenvalue weighted by molar-refractivity contribution is 5.89. The predicted molar refractivity (Wildman–Crippen MR) is 101 cm³/mol. The fraction of sp³-hybridized carbons (Fsp3) is 0.579. The molecule has 1 aromatic carbocycles. The summed E-state index contributed by atoms with van der Waals surface area (Å²) in [5.41, 5.74) is 1.71. The molecule has 25 heavy (non-hydrogen) atoms. The lowest BCUT2D eigenvalue weighted by molar-refractivity contribution is -0.123. The van der Waals surface area contributed by atoms with Crippen molar-refractivity contribution < 1.29 is 9.59 Å². The second kappa shape index (κ2) is 8.34. The van der Waals surface area contributed by atoms with Crippen LogP contribution >= 0.6 is 0 Å². The van der Waals surface area contributed by atoms with Gasteiger partial charge in [0.2, 0.25) is 5.91 Å². The smallest absolute Gasteiger partial charge is 0.321 e. The Balaban J connectivity index is 1.84. The van der Waals surface area contributed by atoms with E-state index in [4.69, 9.17) is 0 Å². The van der Waals surface area contributed by atoms with E-state index in [1.165, 1.54) is 0 Å². The quantitative estimate of drug-likeness (QED) is 0.884. The Kier molecular flexibility index (Phi) is 6.42. The number of urea groups is 1. The van der Waals surface area contributed by atoms with E-state index in [0.29, 0.717) is 26.2 Å². The van der Waals surface area contributed by atoms with E-state index in [0.717, 1.165) is 24.2 Å². The van der Waals surface area contributed by atoms with E-state index < -0.39 is 0 Å². The maximum Gasteiger partial charge on any atom is 0.321 e. The largest absolute Gasteiger partial charge is 0.350 e. The van der Waals surface area contributed by atoms with E-state index >= 15 is 0 Å². The molecule has 2 rings (SSSR count). The molecule has 0 spiro atoms. The van der Waals surface area contributed by atoms with Crippen LogP contribution in [0.25, 0.3) is 0 Å². The van der Waals surface area contributed by atoms with Gasteiger partial charge in [0.05, 0.1) is 6.54 Å². The summed E-state index contributed by atoms with van der Waals surface area (Å²) in [5.74, 6) is 0.0326. The van der Waals surface area contributed by atoms with Crippen molar-refractivity contribution in [1.29, 1.82) is 0 Å². The van der Waals surface area contributed by atoms with Gasteiger partial charge in [-0.15, -0.1) is 0 Å². The van der Waals surface area contributed by atoms with Gasteiger partial charge in [-0.1, -0.05) is 12.1 Å². The summed E-state index contributed by atoms with van der Waals surface area (Å²) in [6, 6.07) is 7.71. The van der Waals surface area contributed by atoms with Crippen molar-refractivity contribution in [3.05, 3.63) is 29.8 Å². The summed E-state index contributed by atoms with van der Waals surface area (Å²) in [5, 5.41) is 5.94. The van der Waals surface area contributed by atoms with Crippen LogP contribution in [-0.2, 0) is 4.79 Å². The first kappa shape index (κ1) is 19.2. The van der Waals surface area contributed by atoms with Crippen molar-refractivity contribution >= 4 is 17.6 Å². The Hall–Kier alpha value is -2.08. The molecule has 1 saturated heterocycles. The zero-order valence-electron chi connectivity index (χ0n) is 15.8. The number of carbonyl (C=O) groups excluding carboxylic acids is 2. The molecule has 0 unspecified atom stereocenters. The summed E-state index contributed by atoms with van der Waals surface area (Å²) in [7, 11) is 0. The van der Waals surface area contributed by atoms with Gasteiger partial charge in [0.25, 0.3) is 0 Å². The minimum absolute atomic E-state index is 0.0326. The van der Waals surface area contributed by atoms with Crippen LogP contribution in [0.3, 0.4) is 0 Å². The summed E-state index contributed by atoms with van der Waals surface area (Å²) in [6.07, 6.45) is 0.865. The van der Waals surface area contributed by atoms with Crippen LogP contribution in [0.5, 0.6) is 0 Å². The zero-order valence-corrected chi connectivity index (χ0v) is 15.8. The highest BCUT2D eigenvalue weighted by Crippen LogP contribution is 2.12. The van der Waals surface area contributed by atoms with Crippen molar-refractivity contribution in [1.82, 2.24) is 15.1 Å². The van der Waals surface area contributed by atoms with Gasteiger partial charge in [0, 0.05) is 37.4 Å². The molecule has 1 aliphatic heterocycles. The van der Waals surface area contributed by atoms with Gasteiger partial charge in [0.1, 0.15) is 0 Å². The van der Waals surface area contributed by atoms with Gasteiger partial charge in [-0.25, -0.2) is 4.79 Å². The Morgan fingerprint density at radius 1 is 1.12 bits per heavy atom. The predicted octanol–water partition coefficient (Wildman–Crippen LogP) is 2.45. The first-order valence-corrected chi connectivity index (χ1v) is 8.89. The van der Waals surface area contributed by atoms with Gasteiger partial charge in [-0.05, 0) is 51.8 Å². The number of benzene rings is 1. The molecule has 1 heterocycles. The first-order chi connectivity index (χ1) is 11.7. The van der Waals surface area contributed by atoms with Crippen LogP contribution in [0.4, 0.5) is 10.5 Å². The number of rotatable bonds is 3. The summed E-state index contributed by atoms with van der Waals surface area (Å²) in [6.45, 7) is 11.2. The molecule has 0 aliphatic carbocycles. The van der Waals surface area contributed by atoms with Crippen molar-refractivity contribution in [2.24, 2.45) is 0 Å². The number of carbonyl (C=O) groups is 2. The van der Waals surface area contributed by atoms with Crippen molar-refractivity contribution in [3.63, 3.8) is 0 Å². The number of hydrogen-bond donors (Lipinski definition) is 2. The second-order valence-corrected chi connectivity index (χ2v) is 7.71. The highest BCUT2D eigenvalue weighted by Gasteiger charge is 2.22. The van der Waals surface area contributed by atoms with Gasteiger partial charge >= 0.3 is 6.03 Å². The van der Waals surface area contributed by atoms with Crippen molar-refractivity contribution in [2.75, 3.05) is 38.0 Å². The highest BCUT2D eigenvalue weighted by atomic mass is 16.2. The summed E-state index contributed by atoms with van der Waals surface area (Å²) < 4.78 is 0. The van der Waals surface area contributed by atoms with Crippen LogP contribution in [0.2, 0.25) is 0 Å². The molecule has 1 fully saturated rings. The minimum atomic E-state index is -0.220. The van der Waals surface area contributed by atoms with Crippen LogP contribution in [0.1, 0.15) is 32.8 Å². The molecular formula is C19H30N4O2. The monoisotopic (exact) mass is 346 g/mol. The first-order valence-electron chi connectivity index (χ1n) is 8.89. The molecule has 0 bridgehead atoms. The van der Waals surface area contributed by atoms with Crippen LogP contribution in [0.15, 0.2) is 24.3 Å². The standard InChI is InChI=1S/C19H30N4O2/c1-15-7-5-8-16(13-15)20-18(25)23-10-6-9-22(11-12-23)14-17(24)21-19(2,3)4/h5,7-8,13H,6,9-12,14H2,1-4H3,(H,20,25)(H,21,24). The number of nitrogens with one attached hydrogen (secondary N) is 2. The number of amides is 3. The van der Waals surface area contributed by atoms with E-state index in [2.05, 4.69) is 15.5 Å². The Bertz CT molecular complexity index is 610. The third-order valence-corrected chi connectivity index (χ3v) is 4.03. The molecule has 138 valence electrons. The average Bonchev–Trinajstić information content (AvgIpc) is 2.71. The summed E-state index contributed by atoms with van der Waals surface area (Å²) in [4.78, 5) is 28.5. The molecule has 3 amide bonds. The van der Waals surface area contributed by atoms with Gasteiger partial charge in [-0.3, -0.25) is 9.69 Å². The number of nitrogens with zero attached hydrogens (tertiary/aromatic N) is 2. The Morgan fingerprint density at radius 3 is 2.56 bits per heavy atom. The van der Waals surface area contributed by atoms with E-state index in [1.54, 1.807) is 0 Å². The van der Waals surface area contributed by atoms with Gasteiger partial charge < -0.3 is 15.5 Å². The van der Waals surface area contributed by atoms with E-state index in [9.17, 15) is 9.59 Å². The third kappa shape index (κ3) is 6.74. The van der Waals surface area contributed by atoms with Crippen molar-refractivity contribution in [2.45, 2.75) is 39.7 Å². The second-order valence-electron chi connectivity index (χ2n) is 7.71. The number of aryl methyl sites for hydroxylation is 1. The molecule has 1 aliphatic rings. The van der Waals surface area contributed by atoms with E-state index in [-0.39, 0.29) is 17.5 Å². The molecule has 0 atom stereocenters. The lowest BCUT2D eigenvalue weighted by atomic mass is 10.1. The molecule has 0 aromatic heterocycles. The Labute approximate surface area is 150 Å². The lowest BCUT2D eigenvalue weighted by Gasteiger charge is -2.25. The van der Waals surface area contributed by atoms with Crippen LogP contribution < -0.4 is 10.6 Å². The Morgan fingerprint density at radius 2 is 1.88 bits per heavy atom. The lowest BCUT2D eigenvalue weighted by Crippen LogP contribution is -2.46. The van der Waals surface area contributed by atoms with Crippen LogP contribution in [0, 0.1) is 6.92 Å². The fourth-order valence-corrected chi connectivity index (χ4v) is 2.92. The maximum atomic E-state index is 12.5. The molecular weight excluding hydrogens is 316 g/mol. The molecule has 0 saturated carbocycles. The molecule has 2 N–H and O–H groups in total. The fourth-order valence-electron chi connectivity index (χ4n) is 2.92. The molecule has 0 radical (unpaired) electrons. The molecule has 1 aromatic rings.